The largest absolute Gasteiger partial charge is 0.370 e. The number of piperidine rings is 1. The van der Waals surface area contributed by atoms with Gasteiger partial charge < -0.3 is 10.2 Å². The van der Waals surface area contributed by atoms with E-state index in [2.05, 4.69) is 34.0 Å². The Balaban J connectivity index is 1.88. The van der Waals surface area contributed by atoms with Crippen molar-refractivity contribution in [2.24, 2.45) is 5.92 Å². The third-order valence-electron chi connectivity index (χ3n) is 4.65. The molecule has 2 unspecified atom stereocenters. The maximum Gasteiger partial charge on any atom is 0.137 e. The van der Waals surface area contributed by atoms with Gasteiger partial charge in [0.2, 0.25) is 0 Å². The molecule has 4 heteroatoms. The van der Waals surface area contributed by atoms with Crippen LogP contribution in [0, 0.1) is 5.92 Å². The van der Waals surface area contributed by atoms with Crippen LogP contribution in [0.4, 0.5) is 11.6 Å². The fourth-order valence-electron chi connectivity index (χ4n) is 3.71. The topological polar surface area (TPSA) is 41.1 Å². The second-order valence-electron chi connectivity index (χ2n) is 6.19. The summed E-state index contributed by atoms with van der Waals surface area (Å²) >= 11 is 0. The van der Waals surface area contributed by atoms with Gasteiger partial charge in [-0.2, -0.15) is 0 Å². The number of fused-ring (bicyclic) bond motifs is 2. The molecule has 2 heterocycles. The van der Waals surface area contributed by atoms with Gasteiger partial charge in [0.15, 0.2) is 0 Å². The van der Waals surface area contributed by atoms with Crippen LogP contribution in [0.25, 0.3) is 0 Å². The van der Waals surface area contributed by atoms with Crippen LogP contribution in [0.3, 0.4) is 0 Å². The molecule has 2 aliphatic rings. The minimum Gasteiger partial charge on any atom is -0.370 e. The lowest BCUT2D eigenvalue weighted by Gasteiger charge is -2.30. The van der Waals surface area contributed by atoms with Gasteiger partial charge in [0.05, 0.1) is 0 Å². The van der Waals surface area contributed by atoms with Crippen molar-refractivity contribution in [2.75, 3.05) is 23.3 Å². The van der Waals surface area contributed by atoms with Gasteiger partial charge in [-0.25, -0.2) is 9.97 Å². The lowest BCUT2D eigenvalue weighted by molar-refractivity contribution is 0.548. The molecule has 1 aliphatic heterocycles. The SMILES string of the molecule is CCCNc1ncnc(N2CC3CCC2C3)c1CCC. The molecule has 1 saturated heterocycles. The van der Waals surface area contributed by atoms with E-state index in [1.54, 1.807) is 6.33 Å². The molecule has 2 bridgehead atoms. The highest BCUT2D eigenvalue weighted by Gasteiger charge is 2.39. The minimum atomic E-state index is 0.726. The van der Waals surface area contributed by atoms with Crippen molar-refractivity contribution < 1.29 is 0 Å². The van der Waals surface area contributed by atoms with Crippen LogP contribution in [-0.4, -0.2) is 29.1 Å². The van der Waals surface area contributed by atoms with Gasteiger partial charge in [0, 0.05) is 24.7 Å². The first kappa shape index (κ1) is 13.7. The lowest BCUT2D eigenvalue weighted by atomic mass is 10.1. The van der Waals surface area contributed by atoms with Crippen LogP contribution in [0.15, 0.2) is 6.33 Å². The predicted octanol–water partition coefficient (Wildman–Crippen LogP) is 3.24. The Morgan fingerprint density at radius 2 is 2.15 bits per heavy atom. The van der Waals surface area contributed by atoms with Crippen molar-refractivity contribution in [3.63, 3.8) is 0 Å². The Bertz CT molecular complexity index is 460. The second-order valence-corrected chi connectivity index (χ2v) is 6.19. The third-order valence-corrected chi connectivity index (χ3v) is 4.65. The van der Waals surface area contributed by atoms with Crippen molar-refractivity contribution in [1.29, 1.82) is 0 Å². The molecule has 1 aromatic rings. The summed E-state index contributed by atoms with van der Waals surface area (Å²) in [6.07, 6.45) is 9.19. The average Bonchev–Trinajstić information content (AvgIpc) is 3.09. The first-order valence-corrected chi connectivity index (χ1v) is 8.17. The Morgan fingerprint density at radius 1 is 1.25 bits per heavy atom. The number of rotatable bonds is 6. The zero-order chi connectivity index (χ0) is 13.9. The maximum absolute atomic E-state index is 4.64. The molecule has 3 rings (SSSR count). The normalized spacial score (nSPS) is 24.4. The summed E-state index contributed by atoms with van der Waals surface area (Å²) in [5, 5.41) is 3.48. The molecular weight excluding hydrogens is 248 g/mol. The summed E-state index contributed by atoms with van der Waals surface area (Å²) in [6, 6.07) is 0.726. The number of aromatic nitrogens is 2. The van der Waals surface area contributed by atoms with Crippen LogP contribution in [-0.2, 0) is 6.42 Å². The van der Waals surface area contributed by atoms with Crippen molar-refractivity contribution in [1.82, 2.24) is 9.97 Å². The van der Waals surface area contributed by atoms with Crippen molar-refractivity contribution in [3.8, 4) is 0 Å². The lowest BCUT2D eigenvalue weighted by Crippen LogP contribution is -2.33. The molecule has 0 radical (unpaired) electrons. The van der Waals surface area contributed by atoms with E-state index in [4.69, 9.17) is 0 Å². The monoisotopic (exact) mass is 274 g/mol. The quantitative estimate of drug-likeness (QED) is 0.864. The van der Waals surface area contributed by atoms with Gasteiger partial charge in [-0.3, -0.25) is 0 Å². The van der Waals surface area contributed by atoms with Crippen LogP contribution >= 0.6 is 0 Å². The molecule has 20 heavy (non-hydrogen) atoms. The first-order chi connectivity index (χ1) is 9.83. The third kappa shape index (κ3) is 2.48. The molecule has 1 aliphatic carbocycles. The Morgan fingerprint density at radius 3 is 2.80 bits per heavy atom. The molecule has 0 aromatic carbocycles. The summed E-state index contributed by atoms with van der Waals surface area (Å²) in [4.78, 5) is 11.7. The first-order valence-electron chi connectivity index (χ1n) is 8.17. The smallest absolute Gasteiger partial charge is 0.137 e. The highest BCUT2D eigenvalue weighted by atomic mass is 15.3. The van der Waals surface area contributed by atoms with E-state index in [-0.39, 0.29) is 0 Å². The molecule has 2 atom stereocenters. The number of nitrogens with one attached hydrogen (secondary N) is 1. The Hall–Kier alpha value is -1.32. The number of hydrogen-bond acceptors (Lipinski definition) is 4. The van der Waals surface area contributed by atoms with Crippen LogP contribution in [0.2, 0.25) is 0 Å². The van der Waals surface area contributed by atoms with Gasteiger partial charge in [-0.1, -0.05) is 20.3 Å². The zero-order valence-corrected chi connectivity index (χ0v) is 12.7. The number of hydrogen-bond donors (Lipinski definition) is 1. The molecule has 1 saturated carbocycles. The van der Waals surface area contributed by atoms with E-state index in [0.29, 0.717) is 0 Å². The maximum atomic E-state index is 4.64. The van der Waals surface area contributed by atoms with E-state index < -0.39 is 0 Å². The second kappa shape index (κ2) is 5.98. The fraction of sp³-hybridized carbons (Fsp3) is 0.750. The van der Waals surface area contributed by atoms with Crippen molar-refractivity contribution in [3.05, 3.63) is 11.9 Å². The number of nitrogens with zero attached hydrogens (tertiary/aromatic N) is 3. The summed E-state index contributed by atoms with van der Waals surface area (Å²) in [5.41, 5.74) is 1.33. The number of anilines is 2. The van der Waals surface area contributed by atoms with Gasteiger partial charge >= 0.3 is 0 Å². The molecule has 110 valence electrons. The molecule has 4 nitrogen and oxygen atoms in total. The van der Waals surface area contributed by atoms with E-state index in [9.17, 15) is 0 Å². The summed E-state index contributed by atoms with van der Waals surface area (Å²) < 4.78 is 0. The summed E-state index contributed by atoms with van der Waals surface area (Å²) in [6.45, 7) is 6.61. The van der Waals surface area contributed by atoms with E-state index >= 15 is 0 Å². The summed E-state index contributed by atoms with van der Waals surface area (Å²) in [7, 11) is 0. The molecule has 2 fully saturated rings. The molecule has 0 amide bonds. The average molecular weight is 274 g/mol. The minimum absolute atomic E-state index is 0.726. The molecular formula is C16H26N4. The van der Waals surface area contributed by atoms with E-state index in [1.807, 2.05) is 0 Å². The van der Waals surface area contributed by atoms with E-state index in [0.717, 1.165) is 43.6 Å². The standard InChI is InChI=1S/C16H26N4/c1-3-5-14-15(17-8-4-2)18-11-19-16(14)20-10-12-6-7-13(20)9-12/h11-13H,3-10H2,1-2H3,(H,17,18,19). The zero-order valence-electron chi connectivity index (χ0n) is 12.7. The Labute approximate surface area is 122 Å². The van der Waals surface area contributed by atoms with Gasteiger partial charge in [-0.05, 0) is 38.0 Å². The van der Waals surface area contributed by atoms with Gasteiger partial charge in [-0.15, -0.1) is 0 Å². The Kier molecular flexibility index (Phi) is 4.08. The predicted molar refractivity (Wildman–Crippen MR) is 83.3 cm³/mol. The van der Waals surface area contributed by atoms with Crippen molar-refractivity contribution >= 4 is 11.6 Å². The van der Waals surface area contributed by atoms with Crippen molar-refractivity contribution in [2.45, 2.75) is 58.4 Å². The molecule has 1 N–H and O–H groups in total. The van der Waals surface area contributed by atoms with Gasteiger partial charge in [0.1, 0.15) is 18.0 Å². The van der Waals surface area contributed by atoms with Gasteiger partial charge in [0.25, 0.3) is 0 Å². The highest BCUT2D eigenvalue weighted by molar-refractivity contribution is 5.60. The fourth-order valence-corrected chi connectivity index (χ4v) is 3.71. The van der Waals surface area contributed by atoms with E-state index in [1.165, 1.54) is 37.2 Å². The van der Waals surface area contributed by atoms with Crippen LogP contribution in [0.5, 0.6) is 0 Å². The van der Waals surface area contributed by atoms with Crippen LogP contribution in [0.1, 0.15) is 51.5 Å². The molecule has 1 aromatic heterocycles. The van der Waals surface area contributed by atoms with Crippen LogP contribution < -0.4 is 10.2 Å². The summed E-state index contributed by atoms with van der Waals surface area (Å²) in [5.74, 6) is 3.16. The molecule has 0 spiro atoms. The highest BCUT2D eigenvalue weighted by Crippen LogP contribution is 2.41.